The molecule has 2 aromatic heterocycles. The summed E-state index contributed by atoms with van der Waals surface area (Å²) in [5, 5.41) is 5.26. The van der Waals surface area contributed by atoms with E-state index in [1.165, 1.54) is 61.2 Å². The number of aromatic amines is 2. The molecule has 0 saturated carbocycles. The zero-order valence-corrected chi connectivity index (χ0v) is 24.0. The SMILES string of the molecule is CB(C)CN(C)C.CN(C)Cc1ccc2[nH]c3ccccc3c2c1.Cc1ccc2[nH]c3ccccc3c2c1. The lowest BCUT2D eigenvalue weighted by molar-refractivity contribution is 0.403. The van der Waals surface area contributed by atoms with E-state index >= 15 is 0 Å². The van der Waals surface area contributed by atoms with Crippen LogP contribution in [0.1, 0.15) is 11.1 Å². The average molecular weight is 505 g/mol. The van der Waals surface area contributed by atoms with Crippen LogP contribution >= 0.6 is 0 Å². The van der Waals surface area contributed by atoms with Crippen molar-refractivity contribution in [1.82, 2.24) is 19.8 Å². The van der Waals surface area contributed by atoms with E-state index in [1.807, 2.05) is 0 Å². The maximum atomic E-state index is 3.44. The van der Waals surface area contributed by atoms with Gasteiger partial charge in [0.05, 0.1) is 0 Å². The van der Waals surface area contributed by atoms with Gasteiger partial charge in [0.1, 0.15) is 6.71 Å². The molecule has 2 heterocycles. The number of benzene rings is 4. The molecule has 0 spiro atoms. The molecule has 0 saturated heterocycles. The van der Waals surface area contributed by atoms with E-state index in [0.717, 1.165) is 13.3 Å². The van der Waals surface area contributed by atoms with Crippen molar-refractivity contribution >= 4 is 50.3 Å². The van der Waals surface area contributed by atoms with Crippen LogP contribution in [-0.2, 0) is 6.54 Å². The fourth-order valence-corrected chi connectivity index (χ4v) is 5.05. The molecule has 0 bridgehead atoms. The van der Waals surface area contributed by atoms with Crippen LogP contribution in [0.3, 0.4) is 0 Å². The summed E-state index contributed by atoms with van der Waals surface area (Å²) < 4.78 is 0. The second-order valence-electron chi connectivity index (χ2n) is 11.2. The van der Waals surface area contributed by atoms with Crippen molar-refractivity contribution < 1.29 is 0 Å². The molecule has 0 aliphatic rings. The summed E-state index contributed by atoms with van der Waals surface area (Å²) in [4.78, 5) is 11.2. The Hall–Kier alpha value is -3.54. The minimum Gasteiger partial charge on any atom is -0.355 e. The molecular formula is C33H41BN4. The number of para-hydroxylation sites is 2. The molecule has 2 N–H and O–H groups in total. The zero-order valence-electron chi connectivity index (χ0n) is 24.0. The first-order valence-electron chi connectivity index (χ1n) is 13.5. The van der Waals surface area contributed by atoms with Gasteiger partial charge in [0.25, 0.3) is 0 Å². The topological polar surface area (TPSA) is 38.1 Å². The molecule has 0 atom stereocenters. The van der Waals surface area contributed by atoms with Crippen molar-refractivity contribution in [3.63, 3.8) is 0 Å². The zero-order chi connectivity index (χ0) is 27.2. The summed E-state index contributed by atoms with van der Waals surface area (Å²) in [6, 6.07) is 30.0. The van der Waals surface area contributed by atoms with Crippen molar-refractivity contribution in [3.8, 4) is 0 Å². The lowest BCUT2D eigenvalue weighted by Crippen LogP contribution is -2.24. The molecule has 196 valence electrons. The molecule has 0 aliphatic carbocycles. The van der Waals surface area contributed by atoms with Crippen LogP contribution in [0.5, 0.6) is 0 Å². The molecule has 38 heavy (non-hydrogen) atoms. The van der Waals surface area contributed by atoms with Crippen molar-refractivity contribution in [3.05, 3.63) is 96.1 Å². The Balaban J connectivity index is 0.000000145. The quantitative estimate of drug-likeness (QED) is 0.240. The highest BCUT2D eigenvalue weighted by molar-refractivity contribution is 6.55. The number of aryl methyl sites for hydroxylation is 1. The van der Waals surface area contributed by atoms with E-state index in [2.05, 4.69) is 153 Å². The van der Waals surface area contributed by atoms with Gasteiger partial charge in [-0.15, -0.1) is 0 Å². The second kappa shape index (κ2) is 12.3. The highest BCUT2D eigenvalue weighted by atomic mass is 15.0. The number of fused-ring (bicyclic) bond motifs is 6. The van der Waals surface area contributed by atoms with Crippen LogP contribution in [0.15, 0.2) is 84.9 Å². The number of H-pyrrole nitrogens is 2. The molecule has 6 aromatic rings. The summed E-state index contributed by atoms with van der Waals surface area (Å²) in [5.74, 6) is 0. The molecule has 0 aliphatic heterocycles. The molecule has 0 radical (unpaired) electrons. The van der Waals surface area contributed by atoms with Crippen molar-refractivity contribution in [2.75, 3.05) is 34.6 Å². The summed E-state index contributed by atoms with van der Waals surface area (Å²) in [5.41, 5.74) is 7.53. The fraction of sp³-hybridized carbons (Fsp3) is 0.273. The molecule has 0 unspecified atom stereocenters. The monoisotopic (exact) mass is 504 g/mol. The number of hydrogen-bond acceptors (Lipinski definition) is 2. The Morgan fingerprint density at radius 1 is 0.579 bits per heavy atom. The molecule has 4 aromatic carbocycles. The van der Waals surface area contributed by atoms with Crippen LogP contribution in [0.2, 0.25) is 13.6 Å². The predicted molar refractivity (Wildman–Crippen MR) is 170 cm³/mol. The van der Waals surface area contributed by atoms with Crippen LogP contribution in [0.25, 0.3) is 43.6 Å². The maximum Gasteiger partial charge on any atom is 0.150 e. The third kappa shape index (κ3) is 6.86. The number of hydrogen-bond donors (Lipinski definition) is 2. The minimum atomic E-state index is 0.801. The van der Waals surface area contributed by atoms with Crippen molar-refractivity contribution in [2.45, 2.75) is 27.1 Å². The molecule has 5 heteroatoms. The number of nitrogens with one attached hydrogen (secondary N) is 2. The van der Waals surface area contributed by atoms with Crippen LogP contribution in [0.4, 0.5) is 0 Å². The van der Waals surface area contributed by atoms with Gasteiger partial charge < -0.3 is 19.8 Å². The summed E-state index contributed by atoms with van der Waals surface area (Å²) in [6.07, 6.45) is 1.19. The summed E-state index contributed by atoms with van der Waals surface area (Å²) in [7, 11) is 8.39. The number of aromatic nitrogens is 2. The van der Waals surface area contributed by atoms with Crippen molar-refractivity contribution in [1.29, 1.82) is 0 Å². The lowest BCUT2D eigenvalue weighted by Gasteiger charge is -2.09. The Kier molecular flexibility index (Phi) is 8.93. The standard InChI is InChI=1S/C15H16N2.C13H11N.C5H14BN/c1-17(2)10-11-7-8-15-13(9-11)12-5-3-4-6-14(12)16-15;1-9-6-7-13-11(8-9)10-4-2-3-5-12(10)14-13;1-6(2)5-7(3)4/h3-9,16H,10H2,1-2H3;2-8,14H,1H3;5H2,1-4H3. The maximum absolute atomic E-state index is 3.44. The van der Waals surface area contributed by atoms with Gasteiger partial charge in [-0.25, -0.2) is 0 Å². The van der Waals surface area contributed by atoms with Gasteiger partial charge >= 0.3 is 0 Å². The second-order valence-corrected chi connectivity index (χ2v) is 11.2. The summed E-state index contributed by atoms with van der Waals surface area (Å²) >= 11 is 0. The summed E-state index contributed by atoms with van der Waals surface area (Å²) in [6.45, 7) is 8.35. The largest absolute Gasteiger partial charge is 0.355 e. The van der Waals surface area contributed by atoms with Gasteiger partial charge in [-0.1, -0.05) is 67.7 Å². The van der Waals surface area contributed by atoms with Crippen LogP contribution in [-0.4, -0.2) is 61.1 Å². The van der Waals surface area contributed by atoms with Crippen molar-refractivity contribution in [2.24, 2.45) is 0 Å². The Labute approximate surface area is 227 Å². The van der Waals surface area contributed by atoms with Gasteiger partial charge in [-0.2, -0.15) is 0 Å². The first kappa shape index (κ1) is 27.5. The fourth-order valence-electron chi connectivity index (χ4n) is 5.05. The Morgan fingerprint density at radius 3 is 1.58 bits per heavy atom. The van der Waals surface area contributed by atoms with Gasteiger partial charge in [0.15, 0.2) is 0 Å². The Morgan fingerprint density at radius 2 is 1.08 bits per heavy atom. The normalized spacial score (nSPS) is 11.2. The van der Waals surface area contributed by atoms with Crippen LogP contribution in [0, 0.1) is 6.92 Å². The minimum absolute atomic E-state index is 0.801. The molecule has 0 fully saturated rings. The first-order chi connectivity index (χ1) is 18.2. The average Bonchev–Trinajstić information content (AvgIpc) is 3.41. The van der Waals surface area contributed by atoms with E-state index < -0.39 is 0 Å². The van der Waals surface area contributed by atoms with E-state index in [1.54, 1.807) is 0 Å². The highest BCUT2D eigenvalue weighted by Gasteiger charge is 2.05. The van der Waals surface area contributed by atoms with Gasteiger partial charge in [-0.05, 0) is 83.5 Å². The van der Waals surface area contributed by atoms with E-state index in [-0.39, 0.29) is 0 Å². The van der Waals surface area contributed by atoms with E-state index in [0.29, 0.717) is 0 Å². The number of rotatable bonds is 4. The van der Waals surface area contributed by atoms with E-state index in [9.17, 15) is 0 Å². The third-order valence-electron chi connectivity index (χ3n) is 6.46. The molecule has 6 rings (SSSR count). The number of nitrogens with zero attached hydrogens (tertiary/aromatic N) is 2. The molecule has 0 amide bonds. The van der Waals surface area contributed by atoms with E-state index in [4.69, 9.17) is 0 Å². The Bertz CT molecular complexity index is 1620. The first-order valence-corrected chi connectivity index (χ1v) is 13.5. The van der Waals surface area contributed by atoms with Gasteiger partial charge in [0.2, 0.25) is 0 Å². The van der Waals surface area contributed by atoms with Gasteiger partial charge in [-0.3, -0.25) is 0 Å². The smallest absolute Gasteiger partial charge is 0.150 e. The predicted octanol–water partition coefficient (Wildman–Crippen LogP) is 7.85. The third-order valence-corrected chi connectivity index (χ3v) is 6.46. The lowest BCUT2D eigenvalue weighted by atomic mass is 9.55. The highest BCUT2D eigenvalue weighted by Crippen LogP contribution is 2.27. The van der Waals surface area contributed by atoms with Gasteiger partial charge in [0, 0.05) is 50.2 Å². The molecular weight excluding hydrogens is 463 g/mol. The van der Waals surface area contributed by atoms with Crippen LogP contribution < -0.4 is 0 Å². The molecule has 4 nitrogen and oxygen atoms in total.